The zero-order valence-electron chi connectivity index (χ0n) is 11.6. The molecule has 100 valence electrons. The molecule has 0 spiro atoms. The van der Waals surface area contributed by atoms with E-state index in [4.69, 9.17) is 0 Å². The van der Waals surface area contributed by atoms with Gasteiger partial charge in [-0.15, -0.1) is 0 Å². The average molecular weight is 264 g/mol. The molecule has 1 fully saturated rings. The van der Waals surface area contributed by atoms with Gasteiger partial charge < -0.3 is 4.90 Å². The highest BCUT2D eigenvalue weighted by molar-refractivity contribution is 7.77. The fraction of sp³-hybridized carbons (Fsp3) is 0.600. The molecule has 1 aliphatic rings. The predicted molar refractivity (Wildman–Crippen MR) is 81.1 cm³/mol. The van der Waals surface area contributed by atoms with E-state index in [1.807, 2.05) is 0 Å². The average Bonchev–Trinajstić information content (AvgIpc) is 2.39. The second-order valence-corrected chi connectivity index (χ2v) is 5.87. The summed E-state index contributed by atoms with van der Waals surface area (Å²) in [5, 5.41) is 0. The zero-order valence-corrected chi connectivity index (χ0v) is 12.5. The van der Waals surface area contributed by atoms with Gasteiger partial charge in [-0.3, -0.25) is 0 Å². The van der Waals surface area contributed by atoms with Gasteiger partial charge in [-0.1, -0.05) is 57.9 Å². The Morgan fingerprint density at radius 3 is 2.67 bits per heavy atom. The first-order chi connectivity index (χ1) is 8.63. The lowest BCUT2D eigenvalue weighted by Crippen LogP contribution is -2.44. The van der Waals surface area contributed by atoms with Crippen LogP contribution in [0.15, 0.2) is 24.3 Å². The molecule has 0 aromatic heterocycles. The van der Waals surface area contributed by atoms with Crippen LogP contribution in [0.25, 0.3) is 0 Å². The second kappa shape index (κ2) is 6.09. The molecule has 1 heterocycles. The van der Waals surface area contributed by atoms with E-state index in [0.717, 1.165) is 26.2 Å². The fourth-order valence-electron chi connectivity index (χ4n) is 2.72. The number of benzene rings is 1. The summed E-state index contributed by atoms with van der Waals surface area (Å²) in [6.45, 7) is 11.1. The van der Waals surface area contributed by atoms with Crippen LogP contribution in [0.3, 0.4) is 0 Å². The predicted octanol–water partition coefficient (Wildman–Crippen LogP) is 3.33. The summed E-state index contributed by atoms with van der Waals surface area (Å²) < 4.78 is 2.20. The molecule has 1 aliphatic heterocycles. The van der Waals surface area contributed by atoms with Crippen LogP contribution in [0.1, 0.15) is 43.9 Å². The van der Waals surface area contributed by atoms with Gasteiger partial charge in [-0.25, -0.2) is 4.31 Å². The summed E-state index contributed by atoms with van der Waals surface area (Å²) in [7, 11) is 0. The van der Waals surface area contributed by atoms with Gasteiger partial charge in [0.2, 0.25) is 0 Å². The summed E-state index contributed by atoms with van der Waals surface area (Å²) >= 11 is 4.67. The first kappa shape index (κ1) is 13.9. The summed E-state index contributed by atoms with van der Waals surface area (Å²) in [6.07, 6.45) is 0. The maximum absolute atomic E-state index is 4.67. The van der Waals surface area contributed by atoms with E-state index in [2.05, 4.69) is 67.1 Å². The first-order valence-corrected chi connectivity index (χ1v) is 7.30. The number of hydrogen-bond acceptors (Lipinski definition) is 3. The molecule has 2 nitrogen and oxygen atoms in total. The normalized spacial score (nSPS) is 22.6. The molecule has 1 aromatic rings. The van der Waals surface area contributed by atoms with Gasteiger partial charge in [0.15, 0.2) is 0 Å². The van der Waals surface area contributed by atoms with E-state index in [1.54, 1.807) is 0 Å². The monoisotopic (exact) mass is 264 g/mol. The highest BCUT2D eigenvalue weighted by Crippen LogP contribution is 2.32. The van der Waals surface area contributed by atoms with E-state index in [0.29, 0.717) is 12.0 Å². The van der Waals surface area contributed by atoms with Crippen molar-refractivity contribution in [3.05, 3.63) is 35.4 Å². The molecule has 1 aromatic carbocycles. The highest BCUT2D eigenvalue weighted by atomic mass is 32.1. The van der Waals surface area contributed by atoms with Gasteiger partial charge in [-0.05, 0) is 23.6 Å². The number of hydrogen-bond donors (Lipinski definition) is 1. The molecule has 0 bridgehead atoms. The third-order valence-electron chi connectivity index (χ3n) is 3.86. The Bertz CT molecular complexity index is 392. The van der Waals surface area contributed by atoms with Crippen molar-refractivity contribution < 1.29 is 0 Å². The van der Waals surface area contributed by atoms with Crippen molar-refractivity contribution >= 4 is 12.8 Å². The van der Waals surface area contributed by atoms with Gasteiger partial charge in [0.1, 0.15) is 0 Å². The quantitative estimate of drug-likeness (QED) is 0.837. The number of thiol groups is 1. The van der Waals surface area contributed by atoms with Gasteiger partial charge in [-0.2, -0.15) is 0 Å². The summed E-state index contributed by atoms with van der Waals surface area (Å²) in [5.74, 6) is 0.569. The van der Waals surface area contributed by atoms with Crippen molar-refractivity contribution in [3.63, 3.8) is 0 Å². The van der Waals surface area contributed by atoms with Crippen molar-refractivity contribution in [1.82, 2.24) is 9.21 Å². The highest BCUT2D eigenvalue weighted by Gasteiger charge is 2.27. The number of rotatable bonds is 3. The molecule has 0 aliphatic carbocycles. The van der Waals surface area contributed by atoms with Crippen molar-refractivity contribution in [1.29, 1.82) is 0 Å². The lowest BCUT2D eigenvalue weighted by molar-refractivity contribution is 0.151. The zero-order chi connectivity index (χ0) is 13.1. The first-order valence-electron chi connectivity index (χ1n) is 6.90. The van der Waals surface area contributed by atoms with Crippen LogP contribution < -0.4 is 0 Å². The molecule has 3 heteroatoms. The lowest BCUT2D eigenvalue weighted by Gasteiger charge is -2.39. The van der Waals surface area contributed by atoms with E-state index in [9.17, 15) is 0 Å². The topological polar surface area (TPSA) is 6.48 Å². The molecule has 1 atom stereocenters. The van der Waals surface area contributed by atoms with Crippen LogP contribution in [0.2, 0.25) is 0 Å². The maximum atomic E-state index is 4.67. The van der Waals surface area contributed by atoms with Gasteiger partial charge >= 0.3 is 0 Å². The van der Waals surface area contributed by atoms with Crippen LogP contribution in [0.5, 0.6) is 0 Å². The summed E-state index contributed by atoms with van der Waals surface area (Å²) in [6, 6.07) is 9.23. The molecule has 18 heavy (non-hydrogen) atoms. The molecular weight excluding hydrogens is 240 g/mol. The standard InChI is InChI=1S/C15H24N2S/c1-4-16-9-10-17(18)15(11-16)14-8-6-5-7-13(14)12(2)3/h5-8,12,15,18H,4,9-11H2,1-3H3. The van der Waals surface area contributed by atoms with Crippen LogP contribution in [0, 0.1) is 0 Å². The van der Waals surface area contributed by atoms with Crippen molar-refractivity contribution in [2.24, 2.45) is 0 Å². The minimum Gasteiger partial charge on any atom is -0.300 e. The Kier molecular flexibility index (Phi) is 4.71. The van der Waals surface area contributed by atoms with E-state index < -0.39 is 0 Å². The van der Waals surface area contributed by atoms with Gasteiger partial charge in [0.05, 0.1) is 6.04 Å². The van der Waals surface area contributed by atoms with Crippen molar-refractivity contribution in [3.8, 4) is 0 Å². The SMILES string of the molecule is CCN1CCN(S)C(c2ccccc2C(C)C)C1. The van der Waals surface area contributed by atoms with Gasteiger partial charge in [0, 0.05) is 19.6 Å². The molecule has 0 radical (unpaired) electrons. The Balaban J connectivity index is 2.28. The third-order valence-corrected chi connectivity index (χ3v) is 4.34. The fourth-order valence-corrected chi connectivity index (χ4v) is 3.00. The van der Waals surface area contributed by atoms with Crippen LogP contribution in [-0.2, 0) is 0 Å². The van der Waals surface area contributed by atoms with Crippen molar-refractivity contribution in [2.45, 2.75) is 32.7 Å². The Hall–Kier alpha value is -0.510. The van der Waals surface area contributed by atoms with Crippen LogP contribution in [0.4, 0.5) is 0 Å². The Morgan fingerprint density at radius 1 is 1.28 bits per heavy atom. The molecule has 2 rings (SSSR count). The minimum atomic E-state index is 0.417. The molecule has 0 saturated carbocycles. The van der Waals surface area contributed by atoms with Crippen LogP contribution in [-0.4, -0.2) is 35.4 Å². The number of nitrogens with zero attached hydrogens (tertiary/aromatic N) is 2. The number of likely N-dealkylation sites (N-methyl/N-ethyl adjacent to an activating group) is 1. The molecule has 0 N–H and O–H groups in total. The van der Waals surface area contributed by atoms with E-state index >= 15 is 0 Å². The van der Waals surface area contributed by atoms with Crippen molar-refractivity contribution in [2.75, 3.05) is 26.2 Å². The Labute approximate surface area is 117 Å². The third kappa shape index (κ3) is 2.90. The van der Waals surface area contributed by atoms with E-state index in [1.165, 1.54) is 11.1 Å². The molecular formula is C15H24N2S. The molecule has 1 saturated heterocycles. The lowest BCUT2D eigenvalue weighted by atomic mass is 9.92. The number of piperazine rings is 1. The summed E-state index contributed by atoms with van der Waals surface area (Å²) in [5.41, 5.74) is 2.90. The maximum Gasteiger partial charge on any atom is 0.0580 e. The largest absolute Gasteiger partial charge is 0.300 e. The smallest absolute Gasteiger partial charge is 0.0580 e. The van der Waals surface area contributed by atoms with E-state index in [-0.39, 0.29) is 0 Å². The van der Waals surface area contributed by atoms with Crippen LogP contribution >= 0.6 is 12.8 Å². The summed E-state index contributed by atoms with van der Waals surface area (Å²) in [4.78, 5) is 2.51. The minimum absolute atomic E-state index is 0.417. The van der Waals surface area contributed by atoms with Gasteiger partial charge in [0.25, 0.3) is 0 Å². The molecule has 0 amide bonds. The molecule has 1 unspecified atom stereocenters. The second-order valence-electron chi connectivity index (χ2n) is 5.36. The Morgan fingerprint density at radius 2 is 2.00 bits per heavy atom.